The lowest BCUT2D eigenvalue weighted by Gasteiger charge is -2.05. The van der Waals surface area contributed by atoms with E-state index >= 15 is 0 Å². The summed E-state index contributed by atoms with van der Waals surface area (Å²) in [6, 6.07) is 14.1. The average molecular weight is 212 g/mol. The molecule has 0 aliphatic rings. The Kier molecular flexibility index (Phi) is 2.95. The van der Waals surface area contributed by atoms with Gasteiger partial charge in [0.2, 0.25) is 0 Å². The molecule has 0 saturated carbocycles. The second-order valence-corrected chi connectivity index (χ2v) is 4.11. The second kappa shape index (κ2) is 4.40. The molecule has 2 aromatic rings. The molecule has 0 aromatic heterocycles. The number of rotatable bonds is 2. The van der Waals surface area contributed by atoms with Gasteiger partial charge in [-0.1, -0.05) is 37.3 Å². The number of phenols is 1. The summed E-state index contributed by atoms with van der Waals surface area (Å²) in [7, 11) is 0. The Morgan fingerprint density at radius 2 is 1.62 bits per heavy atom. The average Bonchev–Trinajstić information content (AvgIpc) is 2.28. The molecule has 0 radical (unpaired) electrons. The Hall–Kier alpha value is -1.76. The summed E-state index contributed by atoms with van der Waals surface area (Å²) in [5.74, 6) is 0.328. The van der Waals surface area contributed by atoms with E-state index in [0.717, 1.165) is 23.1 Å². The first-order chi connectivity index (χ1) is 7.69. The fourth-order valence-electron chi connectivity index (χ4n) is 1.86. The third-order valence-corrected chi connectivity index (χ3v) is 2.76. The zero-order valence-corrected chi connectivity index (χ0v) is 9.70. The van der Waals surface area contributed by atoms with Gasteiger partial charge in [-0.3, -0.25) is 0 Å². The van der Waals surface area contributed by atoms with Crippen LogP contribution in [0.1, 0.15) is 18.1 Å². The number of hydrogen-bond donors (Lipinski definition) is 1. The second-order valence-electron chi connectivity index (χ2n) is 4.11. The third kappa shape index (κ3) is 2.25. The van der Waals surface area contributed by atoms with E-state index in [1.807, 2.05) is 6.92 Å². The number of benzene rings is 2. The van der Waals surface area contributed by atoms with Crippen LogP contribution in [0.5, 0.6) is 5.75 Å². The molecule has 0 saturated heterocycles. The Balaban J connectivity index is 2.42. The van der Waals surface area contributed by atoms with Crippen molar-refractivity contribution in [2.45, 2.75) is 20.3 Å². The lowest BCUT2D eigenvalue weighted by atomic mass is 10.0. The van der Waals surface area contributed by atoms with Crippen LogP contribution >= 0.6 is 0 Å². The van der Waals surface area contributed by atoms with Crippen LogP contribution in [0.15, 0.2) is 42.5 Å². The van der Waals surface area contributed by atoms with Gasteiger partial charge in [0.25, 0.3) is 0 Å². The maximum Gasteiger partial charge on any atom is 0.116 e. The molecule has 0 heterocycles. The van der Waals surface area contributed by atoms with Crippen LogP contribution < -0.4 is 0 Å². The van der Waals surface area contributed by atoms with Gasteiger partial charge in [-0.15, -0.1) is 0 Å². The topological polar surface area (TPSA) is 20.2 Å². The normalized spacial score (nSPS) is 10.4. The van der Waals surface area contributed by atoms with Gasteiger partial charge in [0.15, 0.2) is 0 Å². The highest BCUT2D eigenvalue weighted by atomic mass is 16.3. The largest absolute Gasteiger partial charge is 0.508 e. The van der Waals surface area contributed by atoms with Crippen molar-refractivity contribution < 1.29 is 5.11 Å². The Bertz CT molecular complexity index is 463. The molecule has 1 heteroatoms. The van der Waals surface area contributed by atoms with Gasteiger partial charge in [-0.25, -0.2) is 0 Å². The first-order valence-corrected chi connectivity index (χ1v) is 5.59. The molecule has 1 N–H and O–H groups in total. The summed E-state index contributed by atoms with van der Waals surface area (Å²) in [6.07, 6.45) is 1.05. The van der Waals surface area contributed by atoms with Gasteiger partial charge in [0.1, 0.15) is 5.75 Å². The molecular formula is C15H16O. The van der Waals surface area contributed by atoms with Crippen molar-refractivity contribution in [1.29, 1.82) is 0 Å². The van der Waals surface area contributed by atoms with E-state index in [4.69, 9.17) is 0 Å². The molecule has 16 heavy (non-hydrogen) atoms. The third-order valence-electron chi connectivity index (χ3n) is 2.76. The molecule has 0 atom stereocenters. The molecule has 2 aromatic carbocycles. The number of hydrogen-bond acceptors (Lipinski definition) is 1. The Morgan fingerprint density at radius 3 is 2.19 bits per heavy atom. The lowest BCUT2D eigenvalue weighted by Crippen LogP contribution is -1.82. The minimum atomic E-state index is 0.328. The van der Waals surface area contributed by atoms with Crippen molar-refractivity contribution in [3.63, 3.8) is 0 Å². The summed E-state index contributed by atoms with van der Waals surface area (Å²) in [5.41, 5.74) is 4.63. The SMILES string of the molecule is CCc1ccc(-c2cc(C)cc(O)c2)cc1. The van der Waals surface area contributed by atoms with Crippen LogP contribution in [0.2, 0.25) is 0 Å². The Labute approximate surface area is 96.4 Å². The summed E-state index contributed by atoms with van der Waals surface area (Å²) in [4.78, 5) is 0. The van der Waals surface area contributed by atoms with Crippen molar-refractivity contribution in [2.24, 2.45) is 0 Å². The van der Waals surface area contributed by atoms with Gasteiger partial charge in [0.05, 0.1) is 0 Å². The van der Waals surface area contributed by atoms with Crippen molar-refractivity contribution in [2.75, 3.05) is 0 Å². The highest BCUT2D eigenvalue weighted by Crippen LogP contribution is 2.25. The number of aromatic hydroxyl groups is 1. The van der Waals surface area contributed by atoms with Crippen LogP contribution in [0.4, 0.5) is 0 Å². The van der Waals surface area contributed by atoms with Crippen molar-refractivity contribution in [3.8, 4) is 16.9 Å². The maximum atomic E-state index is 9.56. The van der Waals surface area contributed by atoms with Crippen LogP contribution in [-0.4, -0.2) is 5.11 Å². The zero-order valence-electron chi connectivity index (χ0n) is 9.70. The van der Waals surface area contributed by atoms with E-state index in [1.54, 1.807) is 12.1 Å². The first kappa shape index (κ1) is 10.7. The van der Waals surface area contributed by atoms with Crippen LogP contribution in [0, 0.1) is 6.92 Å². The molecule has 1 nitrogen and oxygen atoms in total. The number of phenolic OH excluding ortho intramolecular Hbond substituents is 1. The predicted molar refractivity (Wildman–Crippen MR) is 67.7 cm³/mol. The van der Waals surface area contributed by atoms with Crippen molar-refractivity contribution in [1.82, 2.24) is 0 Å². The first-order valence-electron chi connectivity index (χ1n) is 5.59. The Morgan fingerprint density at radius 1 is 0.938 bits per heavy atom. The highest BCUT2D eigenvalue weighted by molar-refractivity contribution is 5.66. The maximum absolute atomic E-state index is 9.56. The molecule has 0 aliphatic carbocycles. The van der Waals surface area contributed by atoms with Gasteiger partial charge >= 0.3 is 0 Å². The van der Waals surface area contributed by atoms with Crippen LogP contribution in [-0.2, 0) is 6.42 Å². The van der Waals surface area contributed by atoms with Crippen LogP contribution in [0.25, 0.3) is 11.1 Å². The molecule has 0 spiro atoms. The molecule has 0 fully saturated rings. The van der Waals surface area contributed by atoms with E-state index in [1.165, 1.54) is 5.56 Å². The summed E-state index contributed by atoms with van der Waals surface area (Å²) >= 11 is 0. The molecule has 0 amide bonds. The van der Waals surface area contributed by atoms with E-state index in [2.05, 4.69) is 37.3 Å². The minimum Gasteiger partial charge on any atom is -0.508 e. The predicted octanol–water partition coefficient (Wildman–Crippen LogP) is 3.93. The highest BCUT2D eigenvalue weighted by Gasteiger charge is 2.00. The zero-order chi connectivity index (χ0) is 11.5. The molecule has 82 valence electrons. The van der Waals surface area contributed by atoms with E-state index in [9.17, 15) is 5.11 Å². The molecule has 2 rings (SSSR count). The van der Waals surface area contributed by atoms with Gasteiger partial charge in [-0.05, 0) is 47.7 Å². The molecule has 0 aliphatic heterocycles. The van der Waals surface area contributed by atoms with E-state index < -0.39 is 0 Å². The summed E-state index contributed by atoms with van der Waals surface area (Å²) < 4.78 is 0. The summed E-state index contributed by atoms with van der Waals surface area (Å²) in [6.45, 7) is 4.14. The monoisotopic (exact) mass is 212 g/mol. The fourth-order valence-corrected chi connectivity index (χ4v) is 1.86. The molecule has 0 unspecified atom stereocenters. The number of aryl methyl sites for hydroxylation is 2. The molecule has 0 bridgehead atoms. The van der Waals surface area contributed by atoms with Crippen molar-refractivity contribution in [3.05, 3.63) is 53.6 Å². The smallest absolute Gasteiger partial charge is 0.116 e. The van der Waals surface area contributed by atoms with Crippen LogP contribution in [0.3, 0.4) is 0 Å². The lowest BCUT2D eigenvalue weighted by molar-refractivity contribution is 0.475. The standard InChI is InChI=1S/C15H16O/c1-3-12-4-6-13(7-5-12)14-8-11(2)9-15(16)10-14/h4-10,16H,3H2,1-2H3. The van der Waals surface area contributed by atoms with Gasteiger partial charge in [-0.2, -0.15) is 0 Å². The molecular weight excluding hydrogens is 196 g/mol. The summed E-state index contributed by atoms with van der Waals surface area (Å²) in [5, 5.41) is 9.56. The van der Waals surface area contributed by atoms with E-state index in [0.29, 0.717) is 5.75 Å². The minimum absolute atomic E-state index is 0.328. The quantitative estimate of drug-likeness (QED) is 0.799. The fraction of sp³-hybridized carbons (Fsp3) is 0.200. The van der Waals surface area contributed by atoms with Gasteiger partial charge in [0, 0.05) is 0 Å². The van der Waals surface area contributed by atoms with Gasteiger partial charge < -0.3 is 5.11 Å². The van der Waals surface area contributed by atoms with Crippen molar-refractivity contribution >= 4 is 0 Å². The van der Waals surface area contributed by atoms with E-state index in [-0.39, 0.29) is 0 Å².